The lowest BCUT2D eigenvalue weighted by molar-refractivity contribution is 0.543. The molecule has 28 heavy (non-hydrogen) atoms. The summed E-state index contributed by atoms with van der Waals surface area (Å²) in [5, 5.41) is 4.35. The van der Waals surface area contributed by atoms with Crippen LogP contribution in [0.5, 0.6) is 0 Å². The van der Waals surface area contributed by atoms with Crippen molar-refractivity contribution in [3.8, 4) is 5.69 Å². The molecule has 3 aromatic carbocycles. The van der Waals surface area contributed by atoms with Gasteiger partial charge in [0.1, 0.15) is 5.58 Å². The predicted molar refractivity (Wildman–Crippen MR) is 109 cm³/mol. The number of fused-ring (bicyclic) bond motifs is 7. The van der Waals surface area contributed by atoms with Crippen molar-refractivity contribution in [2.75, 3.05) is 5.32 Å². The Labute approximate surface area is 159 Å². The van der Waals surface area contributed by atoms with Crippen LogP contribution in [0.1, 0.15) is 17.2 Å². The molecule has 0 aliphatic carbocycles. The Bertz CT molecular complexity index is 1420. The van der Waals surface area contributed by atoms with Gasteiger partial charge in [-0.1, -0.05) is 54.6 Å². The molecule has 1 unspecified atom stereocenters. The summed E-state index contributed by atoms with van der Waals surface area (Å²) in [7, 11) is 0. The molecule has 1 aliphatic heterocycles. The van der Waals surface area contributed by atoms with Gasteiger partial charge in [0.2, 0.25) is 5.95 Å². The van der Waals surface area contributed by atoms with Gasteiger partial charge in [-0.15, -0.1) is 0 Å². The minimum Gasteiger partial charge on any atom is -0.422 e. The van der Waals surface area contributed by atoms with Gasteiger partial charge in [0.15, 0.2) is 0 Å². The topological polar surface area (TPSA) is 60.1 Å². The number of aromatic nitrogens is 2. The monoisotopic (exact) mass is 365 g/mol. The smallest absolute Gasteiger partial charge is 0.344 e. The Kier molecular flexibility index (Phi) is 3.03. The number of hydrogen-bond acceptors (Lipinski definition) is 4. The van der Waals surface area contributed by atoms with Gasteiger partial charge in [0.25, 0.3) is 0 Å². The van der Waals surface area contributed by atoms with E-state index in [1.807, 2.05) is 83.4 Å². The highest BCUT2D eigenvalue weighted by atomic mass is 16.4. The fraction of sp³-hybridized carbons (Fsp3) is 0.0435. The quantitative estimate of drug-likeness (QED) is 0.439. The van der Waals surface area contributed by atoms with Crippen LogP contribution in [0.15, 0.2) is 88.1 Å². The molecule has 1 atom stereocenters. The molecule has 134 valence electrons. The predicted octanol–water partition coefficient (Wildman–Crippen LogP) is 4.65. The second kappa shape index (κ2) is 5.57. The SMILES string of the molecule is O=c1oc2ccccc2c2c1C(c1ccccc1)Nc1nc3ccccc3n1-2. The zero-order valence-corrected chi connectivity index (χ0v) is 14.8. The summed E-state index contributed by atoms with van der Waals surface area (Å²) < 4.78 is 7.72. The lowest BCUT2D eigenvalue weighted by Crippen LogP contribution is -2.28. The van der Waals surface area contributed by atoms with E-state index in [4.69, 9.17) is 9.40 Å². The Morgan fingerprint density at radius 1 is 0.893 bits per heavy atom. The highest BCUT2D eigenvalue weighted by Crippen LogP contribution is 2.40. The molecule has 0 saturated carbocycles. The lowest BCUT2D eigenvalue weighted by Gasteiger charge is -2.28. The largest absolute Gasteiger partial charge is 0.422 e. The van der Waals surface area contributed by atoms with Crippen LogP contribution in [0.3, 0.4) is 0 Å². The van der Waals surface area contributed by atoms with Crippen molar-refractivity contribution in [2.45, 2.75) is 6.04 Å². The van der Waals surface area contributed by atoms with Crippen LogP contribution in [0.4, 0.5) is 5.95 Å². The van der Waals surface area contributed by atoms with Crippen molar-refractivity contribution in [3.63, 3.8) is 0 Å². The Morgan fingerprint density at radius 2 is 1.64 bits per heavy atom. The molecule has 5 aromatic rings. The highest BCUT2D eigenvalue weighted by Gasteiger charge is 2.33. The Hall–Kier alpha value is -3.86. The second-order valence-corrected chi connectivity index (χ2v) is 6.90. The van der Waals surface area contributed by atoms with Crippen molar-refractivity contribution in [3.05, 3.63) is 100 Å². The number of hydrogen-bond donors (Lipinski definition) is 1. The fourth-order valence-electron chi connectivity index (χ4n) is 4.09. The minimum absolute atomic E-state index is 0.332. The van der Waals surface area contributed by atoms with Crippen molar-refractivity contribution >= 4 is 28.0 Å². The molecule has 6 rings (SSSR count). The van der Waals surface area contributed by atoms with Gasteiger partial charge in [-0.2, -0.15) is 0 Å². The third-order valence-corrected chi connectivity index (χ3v) is 5.30. The third-order valence-electron chi connectivity index (χ3n) is 5.30. The summed E-state index contributed by atoms with van der Waals surface area (Å²) in [4.78, 5) is 17.9. The summed E-state index contributed by atoms with van der Waals surface area (Å²) in [6.07, 6.45) is 0. The maximum Gasteiger partial charge on any atom is 0.344 e. The normalized spacial score (nSPS) is 15.2. The van der Waals surface area contributed by atoms with Crippen molar-refractivity contribution < 1.29 is 4.42 Å². The van der Waals surface area contributed by atoms with Gasteiger partial charge in [-0.25, -0.2) is 9.78 Å². The Balaban J connectivity index is 1.80. The van der Waals surface area contributed by atoms with Crippen LogP contribution in [0, 0.1) is 0 Å². The van der Waals surface area contributed by atoms with E-state index in [2.05, 4.69) is 5.32 Å². The maximum absolute atomic E-state index is 13.1. The molecule has 5 nitrogen and oxygen atoms in total. The standard InChI is InChI=1S/C23H15N3O2/c27-22-19-20(14-8-2-1-3-9-14)25-23-24-16-11-5-6-12-17(16)26(23)21(19)15-10-4-7-13-18(15)28-22/h1-13,20H,(H,24,25). The number of rotatable bonds is 1. The van der Waals surface area contributed by atoms with Crippen LogP contribution < -0.4 is 10.9 Å². The van der Waals surface area contributed by atoms with Crippen molar-refractivity contribution in [2.24, 2.45) is 0 Å². The number of anilines is 1. The molecule has 0 radical (unpaired) electrons. The first-order chi connectivity index (χ1) is 13.8. The van der Waals surface area contributed by atoms with Gasteiger partial charge in [-0.3, -0.25) is 4.57 Å². The average Bonchev–Trinajstić information content (AvgIpc) is 3.12. The molecule has 1 aliphatic rings. The molecule has 0 bridgehead atoms. The first kappa shape index (κ1) is 15.2. The van der Waals surface area contributed by atoms with Gasteiger partial charge >= 0.3 is 5.63 Å². The van der Waals surface area contributed by atoms with E-state index in [0.29, 0.717) is 11.1 Å². The molecule has 0 spiro atoms. The highest BCUT2D eigenvalue weighted by molar-refractivity contribution is 5.93. The number of benzene rings is 3. The van der Waals surface area contributed by atoms with E-state index in [9.17, 15) is 4.79 Å². The lowest BCUT2D eigenvalue weighted by atomic mass is 9.95. The molecule has 3 heterocycles. The maximum atomic E-state index is 13.1. The first-order valence-corrected chi connectivity index (χ1v) is 9.16. The van der Waals surface area contributed by atoms with E-state index in [-0.39, 0.29) is 11.7 Å². The summed E-state index contributed by atoms with van der Waals surface area (Å²) >= 11 is 0. The zero-order valence-electron chi connectivity index (χ0n) is 14.8. The number of nitrogens with zero attached hydrogens (tertiary/aromatic N) is 2. The van der Waals surface area contributed by atoms with Crippen LogP contribution in [0.2, 0.25) is 0 Å². The average molecular weight is 365 g/mol. The minimum atomic E-state index is -0.335. The summed E-state index contributed by atoms with van der Waals surface area (Å²) in [6, 6.07) is 25.2. The van der Waals surface area contributed by atoms with Crippen LogP contribution in [-0.2, 0) is 0 Å². The molecular formula is C23H15N3O2. The van der Waals surface area contributed by atoms with Crippen LogP contribution in [-0.4, -0.2) is 9.55 Å². The molecule has 0 amide bonds. The second-order valence-electron chi connectivity index (χ2n) is 6.90. The van der Waals surface area contributed by atoms with E-state index in [0.717, 1.165) is 33.6 Å². The molecule has 0 fully saturated rings. The van der Waals surface area contributed by atoms with E-state index >= 15 is 0 Å². The molecule has 5 heteroatoms. The van der Waals surface area contributed by atoms with E-state index in [1.54, 1.807) is 0 Å². The number of para-hydroxylation sites is 3. The van der Waals surface area contributed by atoms with Gasteiger partial charge in [0.05, 0.1) is 28.3 Å². The van der Waals surface area contributed by atoms with Crippen molar-refractivity contribution in [1.82, 2.24) is 9.55 Å². The zero-order chi connectivity index (χ0) is 18.7. The van der Waals surface area contributed by atoms with Crippen molar-refractivity contribution in [1.29, 1.82) is 0 Å². The third kappa shape index (κ3) is 2.01. The molecular weight excluding hydrogens is 350 g/mol. The van der Waals surface area contributed by atoms with Gasteiger partial charge < -0.3 is 9.73 Å². The first-order valence-electron chi connectivity index (χ1n) is 9.16. The summed E-state index contributed by atoms with van der Waals surface area (Å²) in [6.45, 7) is 0. The van der Waals surface area contributed by atoms with E-state index in [1.165, 1.54) is 0 Å². The van der Waals surface area contributed by atoms with E-state index < -0.39 is 0 Å². The summed E-state index contributed by atoms with van der Waals surface area (Å²) in [5.74, 6) is 0.721. The summed E-state index contributed by atoms with van der Waals surface area (Å²) in [5.41, 5.74) is 4.49. The fourth-order valence-corrected chi connectivity index (χ4v) is 4.09. The number of imidazole rings is 1. The van der Waals surface area contributed by atoms with Crippen LogP contribution in [0.25, 0.3) is 27.7 Å². The van der Waals surface area contributed by atoms with Crippen LogP contribution >= 0.6 is 0 Å². The van der Waals surface area contributed by atoms with Gasteiger partial charge in [0, 0.05) is 5.39 Å². The van der Waals surface area contributed by atoms with Gasteiger partial charge in [-0.05, 0) is 29.8 Å². The number of nitrogens with one attached hydrogen (secondary N) is 1. The molecule has 2 aromatic heterocycles. The molecule has 0 saturated heterocycles. The molecule has 1 N–H and O–H groups in total. The Morgan fingerprint density at radius 3 is 2.54 bits per heavy atom.